The third-order valence-electron chi connectivity index (χ3n) is 6.25. The minimum Gasteiger partial charge on any atom is -0.414 e. The minimum atomic E-state index is -3.37. The molecule has 37 heavy (non-hydrogen) atoms. The van der Waals surface area contributed by atoms with Crippen LogP contribution in [-0.2, 0) is 21.1 Å². The van der Waals surface area contributed by atoms with Gasteiger partial charge in [0.1, 0.15) is 0 Å². The highest BCUT2D eigenvalue weighted by Gasteiger charge is 2.20. The molecule has 2 aromatic carbocycles. The Morgan fingerprint density at radius 2 is 1.73 bits per heavy atom. The predicted octanol–water partition coefficient (Wildman–Crippen LogP) is 3.50. The Labute approximate surface area is 215 Å². The fourth-order valence-corrected chi connectivity index (χ4v) is 5.00. The standard InChI is InChI=1S/C26H28N6O4S/c1-16(2)37(33,34)21-9-7-18(8-10-21)22-14-29-24(27)23(30-22)26-32-31-25(36-26)19-5-3-17(4-6-19)13-28-20-11-12-35-15-20/h3-10,14,16,20,28H,11-13,15H2,1-2H3,(H2,27,29)/t20-/m1/s1. The molecule has 1 atom stereocenters. The van der Waals surface area contributed by atoms with Crippen LogP contribution >= 0.6 is 0 Å². The van der Waals surface area contributed by atoms with Crippen LogP contribution in [0.2, 0.25) is 0 Å². The van der Waals surface area contributed by atoms with Gasteiger partial charge in [-0.3, -0.25) is 0 Å². The SMILES string of the molecule is CC(C)S(=O)(=O)c1ccc(-c2cnc(N)c(-c3nnc(-c4ccc(CN[C@@H]5CCOC5)cc4)o3)n2)cc1. The molecule has 0 unspecified atom stereocenters. The maximum atomic E-state index is 12.4. The number of hydrogen-bond acceptors (Lipinski definition) is 10. The molecule has 0 radical (unpaired) electrons. The summed E-state index contributed by atoms with van der Waals surface area (Å²) in [6.07, 6.45) is 2.55. The van der Waals surface area contributed by atoms with E-state index in [9.17, 15) is 8.42 Å². The number of nitrogen functional groups attached to an aromatic ring is 1. The molecule has 0 saturated carbocycles. The average Bonchev–Trinajstić information content (AvgIpc) is 3.61. The van der Waals surface area contributed by atoms with E-state index < -0.39 is 15.1 Å². The summed E-state index contributed by atoms with van der Waals surface area (Å²) >= 11 is 0. The minimum absolute atomic E-state index is 0.146. The second-order valence-electron chi connectivity index (χ2n) is 9.16. The zero-order chi connectivity index (χ0) is 26.0. The number of nitrogens with one attached hydrogen (secondary N) is 1. The first-order valence-electron chi connectivity index (χ1n) is 12.0. The third-order valence-corrected chi connectivity index (χ3v) is 8.42. The number of sulfone groups is 1. The lowest BCUT2D eigenvalue weighted by atomic mass is 10.1. The van der Waals surface area contributed by atoms with E-state index in [1.807, 2.05) is 24.3 Å². The Morgan fingerprint density at radius 3 is 2.41 bits per heavy atom. The molecule has 1 fully saturated rings. The number of nitrogens with zero attached hydrogens (tertiary/aromatic N) is 4. The van der Waals surface area contributed by atoms with Crippen LogP contribution in [0.25, 0.3) is 34.3 Å². The van der Waals surface area contributed by atoms with Gasteiger partial charge < -0.3 is 20.2 Å². The van der Waals surface area contributed by atoms with Gasteiger partial charge in [0.2, 0.25) is 5.89 Å². The highest BCUT2D eigenvalue weighted by atomic mass is 32.2. The van der Waals surface area contributed by atoms with Crippen LogP contribution in [-0.4, -0.2) is 53.1 Å². The highest BCUT2D eigenvalue weighted by molar-refractivity contribution is 7.92. The smallest absolute Gasteiger partial charge is 0.270 e. The number of aromatic nitrogens is 4. The van der Waals surface area contributed by atoms with Crippen LogP contribution in [0, 0.1) is 0 Å². The average molecular weight is 521 g/mol. The van der Waals surface area contributed by atoms with Crippen molar-refractivity contribution in [3.63, 3.8) is 0 Å². The van der Waals surface area contributed by atoms with Crippen LogP contribution in [0.4, 0.5) is 5.82 Å². The van der Waals surface area contributed by atoms with Gasteiger partial charge in [-0.15, -0.1) is 10.2 Å². The molecule has 1 aliphatic heterocycles. The Bertz CT molecular complexity index is 1480. The summed E-state index contributed by atoms with van der Waals surface area (Å²) in [4.78, 5) is 9.06. The van der Waals surface area contributed by atoms with E-state index >= 15 is 0 Å². The number of ether oxygens (including phenoxy) is 1. The molecule has 192 valence electrons. The van der Waals surface area contributed by atoms with Gasteiger partial charge in [0.15, 0.2) is 21.3 Å². The number of rotatable bonds is 8. The zero-order valence-electron chi connectivity index (χ0n) is 20.6. The molecule has 0 aliphatic carbocycles. The molecule has 3 heterocycles. The molecule has 0 amide bonds. The third kappa shape index (κ3) is 5.38. The van der Waals surface area contributed by atoms with E-state index in [-0.39, 0.29) is 22.3 Å². The van der Waals surface area contributed by atoms with Crippen LogP contribution in [0.5, 0.6) is 0 Å². The maximum Gasteiger partial charge on any atom is 0.270 e. The second-order valence-corrected chi connectivity index (χ2v) is 11.7. The molecule has 11 heteroatoms. The molecule has 0 bridgehead atoms. The normalized spacial score (nSPS) is 15.9. The van der Waals surface area contributed by atoms with Crippen molar-refractivity contribution in [2.75, 3.05) is 18.9 Å². The number of hydrogen-bond donors (Lipinski definition) is 2. The fourth-order valence-electron chi connectivity index (χ4n) is 3.94. The van der Waals surface area contributed by atoms with Crippen LogP contribution < -0.4 is 11.1 Å². The molecule has 4 aromatic rings. The van der Waals surface area contributed by atoms with Crippen molar-refractivity contribution in [1.29, 1.82) is 0 Å². The van der Waals surface area contributed by atoms with E-state index in [1.54, 1.807) is 38.1 Å². The van der Waals surface area contributed by atoms with E-state index in [1.165, 1.54) is 6.20 Å². The molecule has 2 aromatic heterocycles. The first-order valence-corrected chi connectivity index (χ1v) is 13.6. The van der Waals surface area contributed by atoms with Gasteiger partial charge >= 0.3 is 0 Å². The van der Waals surface area contributed by atoms with Gasteiger partial charge in [-0.25, -0.2) is 18.4 Å². The number of nitrogens with two attached hydrogens (primary N) is 1. The van der Waals surface area contributed by atoms with Crippen molar-refractivity contribution in [3.8, 4) is 34.3 Å². The lowest BCUT2D eigenvalue weighted by Crippen LogP contribution is -2.28. The highest BCUT2D eigenvalue weighted by Crippen LogP contribution is 2.29. The summed E-state index contributed by atoms with van der Waals surface area (Å²) in [5, 5.41) is 11.3. The van der Waals surface area contributed by atoms with E-state index in [0.29, 0.717) is 23.2 Å². The zero-order valence-corrected chi connectivity index (χ0v) is 21.4. The fraction of sp³-hybridized carbons (Fsp3) is 0.308. The van der Waals surface area contributed by atoms with Crippen LogP contribution in [0.15, 0.2) is 64.0 Å². The van der Waals surface area contributed by atoms with Crippen LogP contribution in [0.3, 0.4) is 0 Å². The predicted molar refractivity (Wildman–Crippen MR) is 139 cm³/mol. The van der Waals surface area contributed by atoms with Gasteiger partial charge in [0, 0.05) is 30.3 Å². The molecule has 0 spiro atoms. The van der Waals surface area contributed by atoms with Crippen LogP contribution in [0.1, 0.15) is 25.8 Å². The molecular formula is C26H28N6O4S. The first kappa shape index (κ1) is 25.0. The molecule has 1 saturated heterocycles. The van der Waals surface area contributed by atoms with Gasteiger partial charge in [0.05, 0.1) is 28.6 Å². The quantitative estimate of drug-likeness (QED) is 0.354. The van der Waals surface area contributed by atoms with E-state index in [4.69, 9.17) is 14.9 Å². The maximum absolute atomic E-state index is 12.4. The van der Waals surface area contributed by atoms with Crippen molar-refractivity contribution in [2.24, 2.45) is 0 Å². The van der Waals surface area contributed by atoms with Crippen molar-refractivity contribution in [1.82, 2.24) is 25.5 Å². The van der Waals surface area contributed by atoms with Crippen molar-refractivity contribution in [2.45, 2.75) is 43.0 Å². The van der Waals surface area contributed by atoms with Gasteiger partial charge in [-0.05, 0) is 50.1 Å². The summed E-state index contributed by atoms with van der Waals surface area (Å²) in [5.41, 5.74) is 9.43. The Kier molecular flexibility index (Phi) is 7.00. The Hall–Kier alpha value is -3.67. The Balaban J connectivity index is 1.34. The molecule has 5 rings (SSSR count). The summed E-state index contributed by atoms with van der Waals surface area (Å²) in [7, 11) is -3.37. The molecule has 1 aliphatic rings. The van der Waals surface area contributed by atoms with Gasteiger partial charge in [-0.1, -0.05) is 24.3 Å². The Morgan fingerprint density at radius 1 is 1.03 bits per heavy atom. The largest absolute Gasteiger partial charge is 0.414 e. The topological polar surface area (TPSA) is 146 Å². The number of anilines is 1. The summed E-state index contributed by atoms with van der Waals surface area (Å²) in [5.74, 6) is 0.636. The molecular weight excluding hydrogens is 492 g/mol. The summed E-state index contributed by atoms with van der Waals surface area (Å²) in [6.45, 7) is 5.62. The van der Waals surface area contributed by atoms with Crippen molar-refractivity contribution < 1.29 is 17.6 Å². The lowest BCUT2D eigenvalue weighted by molar-refractivity contribution is 0.190. The first-order chi connectivity index (χ1) is 17.8. The second kappa shape index (κ2) is 10.4. The number of benzene rings is 2. The van der Waals surface area contributed by atoms with Crippen molar-refractivity contribution in [3.05, 3.63) is 60.3 Å². The monoisotopic (exact) mass is 520 g/mol. The van der Waals surface area contributed by atoms with Gasteiger partial charge in [0.25, 0.3) is 5.89 Å². The lowest BCUT2D eigenvalue weighted by Gasteiger charge is -2.10. The summed E-state index contributed by atoms with van der Waals surface area (Å²) in [6, 6.07) is 14.8. The summed E-state index contributed by atoms with van der Waals surface area (Å²) < 4.78 is 36.1. The van der Waals surface area contributed by atoms with E-state index in [2.05, 4.69) is 25.5 Å². The van der Waals surface area contributed by atoms with Gasteiger partial charge in [-0.2, -0.15) is 0 Å². The molecule has 10 nitrogen and oxygen atoms in total. The van der Waals surface area contributed by atoms with Crippen molar-refractivity contribution >= 4 is 15.7 Å². The van der Waals surface area contributed by atoms with E-state index in [0.717, 1.165) is 37.3 Å². The molecule has 3 N–H and O–H groups in total.